The second-order valence-electron chi connectivity index (χ2n) is 6.13. The number of rotatable bonds is 5. The Bertz CT molecular complexity index is 597. The van der Waals surface area contributed by atoms with Gasteiger partial charge in [0, 0.05) is 12.8 Å². The fraction of sp³-hybridized carbons (Fsp3) is 0.368. The molecule has 0 aliphatic carbocycles. The molecule has 2 nitrogen and oxygen atoms in total. The van der Waals surface area contributed by atoms with Crippen molar-refractivity contribution >= 4 is 0 Å². The van der Waals surface area contributed by atoms with Crippen molar-refractivity contribution in [3.8, 4) is 5.75 Å². The SMILES string of the molecule is COc1ccc(CC(C)(O)Cc2cc(C)ccc2C)cc1. The highest BCUT2D eigenvalue weighted by atomic mass is 16.5. The lowest BCUT2D eigenvalue weighted by molar-refractivity contribution is 0.0606. The predicted octanol–water partition coefficient (Wildman–Crippen LogP) is 3.85. The molecule has 0 spiro atoms. The van der Waals surface area contributed by atoms with E-state index >= 15 is 0 Å². The van der Waals surface area contributed by atoms with Crippen molar-refractivity contribution in [2.24, 2.45) is 0 Å². The summed E-state index contributed by atoms with van der Waals surface area (Å²) in [7, 11) is 1.66. The van der Waals surface area contributed by atoms with Crippen LogP contribution in [0, 0.1) is 13.8 Å². The summed E-state index contributed by atoms with van der Waals surface area (Å²) in [5.74, 6) is 0.841. The number of aliphatic hydroxyl groups is 1. The van der Waals surface area contributed by atoms with Crippen LogP contribution < -0.4 is 4.74 Å². The van der Waals surface area contributed by atoms with Crippen LogP contribution in [0.4, 0.5) is 0 Å². The highest BCUT2D eigenvalue weighted by Crippen LogP contribution is 2.23. The van der Waals surface area contributed by atoms with Gasteiger partial charge in [-0.25, -0.2) is 0 Å². The first-order valence-corrected chi connectivity index (χ1v) is 7.31. The van der Waals surface area contributed by atoms with E-state index in [4.69, 9.17) is 4.74 Å². The Balaban J connectivity index is 2.11. The van der Waals surface area contributed by atoms with Gasteiger partial charge in [-0.1, -0.05) is 35.9 Å². The van der Waals surface area contributed by atoms with E-state index in [1.54, 1.807) is 7.11 Å². The van der Waals surface area contributed by atoms with Crippen molar-refractivity contribution in [3.05, 3.63) is 64.7 Å². The first-order valence-electron chi connectivity index (χ1n) is 7.31. The van der Waals surface area contributed by atoms with E-state index in [1.165, 1.54) is 16.7 Å². The zero-order valence-electron chi connectivity index (χ0n) is 13.3. The van der Waals surface area contributed by atoms with Crippen molar-refractivity contribution in [2.45, 2.75) is 39.2 Å². The summed E-state index contributed by atoms with van der Waals surface area (Å²) < 4.78 is 5.16. The van der Waals surface area contributed by atoms with Crippen molar-refractivity contribution in [2.75, 3.05) is 7.11 Å². The summed E-state index contributed by atoms with van der Waals surface area (Å²) in [6.45, 7) is 6.08. The fourth-order valence-electron chi connectivity index (χ4n) is 2.65. The largest absolute Gasteiger partial charge is 0.497 e. The third-order valence-electron chi connectivity index (χ3n) is 3.82. The van der Waals surface area contributed by atoms with Gasteiger partial charge in [0.25, 0.3) is 0 Å². The zero-order chi connectivity index (χ0) is 15.5. The van der Waals surface area contributed by atoms with Gasteiger partial charge in [-0.05, 0) is 49.6 Å². The molecule has 0 bridgehead atoms. The Hall–Kier alpha value is -1.80. The highest BCUT2D eigenvalue weighted by Gasteiger charge is 2.22. The molecule has 0 aliphatic rings. The Kier molecular flexibility index (Phi) is 4.69. The highest BCUT2D eigenvalue weighted by molar-refractivity contribution is 5.33. The smallest absolute Gasteiger partial charge is 0.118 e. The van der Waals surface area contributed by atoms with Crippen LogP contribution >= 0.6 is 0 Å². The molecule has 2 heteroatoms. The molecule has 0 aliphatic heterocycles. The molecule has 0 aromatic heterocycles. The molecule has 0 saturated carbocycles. The number of benzene rings is 2. The maximum absolute atomic E-state index is 10.7. The number of ether oxygens (including phenoxy) is 1. The molecular weight excluding hydrogens is 260 g/mol. The molecule has 2 aromatic rings. The molecule has 1 atom stereocenters. The Labute approximate surface area is 127 Å². The summed E-state index contributed by atoms with van der Waals surface area (Å²) in [5, 5.41) is 10.7. The standard InChI is InChI=1S/C19H24O2/c1-14-5-6-15(2)17(11-14)13-19(3,20)12-16-7-9-18(21-4)10-8-16/h5-11,20H,12-13H2,1-4H3. The Morgan fingerprint density at radius 2 is 1.67 bits per heavy atom. The molecule has 0 amide bonds. The fourth-order valence-corrected chi connectivity index (χ4v) is 2.65. The van der Waals surface area contributed by atoms with Gasteiger partial charge in [-0.15, -0.1) is 0 Å². The monoisotopic (exact) mass is 284 g/mol. The predicted molar refractivity (Wildman–Crippen MR) is 86.9 cm³/mol. The van der Waals surface area contributed by atoms with Crippen molar-refractivity contribution in [3.63, 3.8) is 0 Å². The van der Waals surface area contributed by atoms with Gasteiger partial charge in [0.15, 0.2) is 0 Å². The average molecular weight is 284 g/mol. The van der Waals surface area contributed by atoms with Crippen LogP contribution in [0.25, 0.3) is 0 Å². The lowest BCUT2D eigenvalue weighted by Crippen LogP contribution is -2.30. The van der Waals surface area contributed by atoms with Gasteiger partial charge >= 0.3 is 0 Å². The molecule has 1 N–H and O–H groups in total. The van der Waals surface area contributed by atoms with Crippen molar-refractivity contribution < 1.29 is 9.84 Å². The van der Waals surface area contributed by atoms with Crippen LogP contribution in [0.3, 0.4) is 0 Å². The third-order valence-corrected chi connectivity index (χ3v) is 3.82. The maximum atomic E-state index is 10.7. The minimum atomic E-state index is -0.757. The lowest BCUT2D eigenvalue weighted by atomic mass is 9.88. The van der Waals surface area contributed by atoms with Crippen LogP contribution in [0.1, 0.15) is 29.2 Å². The molecule has 112 valence electrons. The van der Waals surface area contributed by atoms with E-state index in [0.29, 0.717) is 12.8 Å². The molecule has 2 rings (SSSR count). The van der Waals surface area contributed by atoms with E-state index in [-0.39, 0.29) is 0 Å². The summed E-state index contributed by atoms with van der Waals surface area (Å²) in [6, 6.07) is 14.3. The van der Waals surface area contributed by atoms with Crippen LogP contribution in [-0.2, 0) is 12.8 Å². The topological polar surface area (TPSA) is 29.5 Å². The summed E-state index contributed by atoms with van der Waals surface area (Å²) >= 11 is 0. The van der Waals surface area contributed by atoms with Crippen LogP contribution in [0.15, 0.2) is 42.5 Å². The zero-order valence-corrected chi connectivity index (χ0v) is 13.3. The molecule has 0 radical (unpaired) electrons. The molecule has 1 unspecified atom stereocenters. The number of hydrogen-bond acceptors (Lipinski definition) is 2. The number of methoxy groups -OCH3 is 1. The minimum Gasteiger partial charge on any atom is -0.497 e. The van der Waals surface area contributed by atoms with E-state index in [2.05, 4.69) is 32.0 Å². The molecule has 0 heterocycles. The van der Waals surface area contributed by atoms with Gasteiger partial charge in [0.2, 0.25) is 0 Å². The van der Waals surface area contributed by atoms with Crippen molar-refractivity contribution in [1.82, 2.24) is 0 Å². The second-order valence-corrected chi connectivity index (χ2v) is 6.13. The number of hydrogen-bond donors (Lipinski definition) is 1. The first kappa shape index (κ1) is 15.6. The van der Waals surface area contributed by atoms with Crippen LogP contribution in [-0.4, -0.2) is 17.8 Å². The lowest BCUT2D eigenvalue weighted by Gasteiger charge is -2.25. The molecular formula is C19H24O2. The first-order chi connectivity index (χ1) is 9.89. The molecule has 0 saturated heterocycles. The molecule has 2 aromatic carbocycles. The summed E-state index contributed by atoms with van der Waals surface area (Å²) in [4.78, 5) is 0. The van der Waals surface area contributed by atoms with Gasteiger partial charge in [0.05, 0.1) is 12.7 Å². The minimum absolute atomic E-state index is 0.629. The van der Waals surface area contributed by atoms with Crippen molar-refractivity contribution in [1.29, 1.82) is 0 Å². The number of aryl methyl sites for hydroxylation is 2. The van der Waals surface area contributed by atoms with E-state index in [0.717, 1.165) is 11.3 Å². The second kappa shape index (κ2) is 6.31. The molecule has 0 fully saturated rings. The van der Waals surface area contributed by atoms with Gasteiger partial charge in [-0.2, -0.15) is 0 Å². The third kappa shape index (κ3) is 4.33. The summed E-state index contributed by atoms with van der Waals surface area (Å²) in [5.41, 5.74) is 4.04. The van der Waals surface area contributed by atoms with Gasteiger partial charge in [0.1, 0.15) is 5.75 Å². The normalized spacial score (nSPS) is 13.8. The quantitative estimate of drug-likeness (QED) is 0.903. The molecule has 21 heavy (non-hydrogen) atoms. The van der Waals surface area contributed by atoms with Gasteiger partial charge in [-0.3, -0.25) is 0 Å². The van der Waals surface area contributed by atoms with Crippen LogP contribution in [0.2, 0.25) is 0 Å². The van der Waals surface area contributed by atoms with E-state index < -0.39 is 5.60 Å². The Morgan fingerprint density at radius 3 is 2.29 bits per heavy atom. The average Bonchev–Trinajstić information content (AvgIpc) is 2.43. The summed E-state index contributed by atoms with van der Waals surface area (Å²) in [6.07, 6.45) is 1.29. The van der Waals surface area contributed by atoms with E-state index in [1.807, 2.05) is 31.2 Å². The maximum Gasteiger partial charge on any atom is 0.118 e. The van der Waals surface area contributed by atoms with Crippen LogP contribution in [0.5, 0.6) is 5.75 Å². The van der Waals surface area contributed by atoms with Gasteiger partial charge < -0.3 is 9.84 Å². The Morgan fingerprint density at radius 1 is 1.00 bits per heavy atom. The van der Waals surface area contributed by atoms with E-state index in [9.17, 15) is 5.11 Å².